The lowest BCUT2D eigenvalue weighted by molar-refractivity contribution is 0.279. The van der Waals surface area contributed by atoms with Gasteiger partial charge in [0.15, 0.2) is 0 Å². The summed E-state index contributed by atoms with van der Waals surface area (Å²) in [5.74, 6) is 0.118. The molecule has 2 aromatic heterocycles. The molecule has 6 heteroatoms. The Kier molecular flexibility index (Phi) is 3.24. The van der Waals surface area contributed by atoms with E-state index in [-0.39, 0.29) is 12.4 Å². The number of aryl methyl sites for hydroxylation is 1. The van der Waals surface area contributed by atoms with Crippen molar-refractivity contribution in [2.24, 2.45) is 0 Å². The maximum absolute atomic E-state index is 9.90. The minimum atomic E-state index is -0.150. The van der Waals surface area contributed by atoms with Crippen molar-refractivity contribution in [1.29, 1.82) is 0 Å². The number of pyridine rings is 1. The van der Waals surface area contributed by atoms with Gasteiger partial charge >= 0.3 is 0 Å². The number of aromatic nitrogens is 3. The van der Waals surface area contributed by atoms with Crippen LogP contribution in [-0.4, -0.2) is 25.4 Å². The van der Waals surface area contributed by atoms with Gasteiger partial charge in [-0.15, -0.1) is 0 Å². The van der Waals surface area contributed by atoms with E-state index in [2.05, 4.69) is 20.5 Å². The van der Waals surface area contributed by atoms with Crippen LogP contribution in [0.25, 0.3) is 0 Å². The summed E-state index contributed by atoms with van der Waals surface area (Å²) in [4.78, 5) is 4.00. The van der Waals surface area contributed by atoms with Gasteiger partial charge in [-0.3, -0.25) is 10.1 Å². The second-order valence-electron chi connectivity index (χ2n) is 3.69. The number of aromatic amines is 1. The molecule has 0 bridgehead atoms. The molecule has 0 saturated heterocycles. The van der Waals surface area contributed by atoms with Crippen LogP contribution in [0.4, 0.5) is 5.69 Å². The van der Waals surface area contributed by atoms with Crippen LogP contribution >= 0.6 is 0 Å². The van der Waals surface area contributed by atoms with Gasteiger partial charge in [0.1, 0.15) is 5.75 Å². The van der Waals surface area contributed by atoms with Crippen molar-refractivity contribution in [3.05, 3.63) is 35.4 Å². The highest BCUT2D eigenvalue weighted by Crippen LogP contribution is 2.24. The summed E-state index contributed by atoms with van der Waals surface area (Å²) in [6.45, 7) is 1.98. The maximum Gasteiger partial charge on any atom is 0.142 e. The minimum Gasteiger partial charge on any atom is -0.506 e. The van der Waals surface area contributed by atoms with Crippen LogP contribution in [0.2, 0.25) is 0 Å². The molecular formula is C11H14N4O2. The zero-order chi connectivity index (χ0) is 12.3. The van der Waals surface area contributed by atoms with Crippen molar-refractivity contribution in [2.75, 3.05) is 5.32 Å². The molecular weight excluding hydrogens is 220 g/mol. The Hall–Kier alpha value is -2.08. The molecule has 0 atom stereocenters. The van der Waals surface area contributed by atoms with Gasteiger partial charge in [0, 0.05) is 30.1 Å². The third-order valence-electron chi connectivity index (χ3n) is 2.57. The van der Waals surface area contributed by atoms with Crippen molar-refractivity contribution >= 4 is 5.69 Å². The van der Waals surface area contributed by atoms with Crippen molar-refractivity contribution in [3.63, 3.8) is 0 Å². The fraction of sp³-hybridized carbons (Fsp3) is 0.273. The lowest BCUT2D eigenvalue weighted by Crippen LogP contribution is -2.05. The first-order valence-electron chi connectivity index (χ1n) is 5.22. The molecule has 90 valence electrons. The topological polar surface area (TPSA) is 94.1 Å². The van der Waals surface area contributed by atoms with Gasteiger partial charge < -0.3 is 15.5 Å². The van der Waals surface area contributed by atoms with E-state index in [1.807, 2.05) is 0 Å². The summed E-state index contributed by atoms with van der Waals surface area (Å²) in [6.07, 6.45) is 4.93. The SMILES string of the molecule is Cc1ncc(CO)c(CNc2cn[nH]c2)c1O. The fourth-order valence-corrected chi connectivity index (χ4v) is 1.56. The normalized spacial score (nSPS) is 10.5. The van der Waals surface area contributed by atoms with Crippen LogP contribution in [0.5, 0.6) is 5.75 Å². The number of hydrogen-bond acceptors (Lipinski definition) is 5. The zero-order valence-electron chi connectivity index (χ0n) is 9.44. The highest BCUT2D eigenvalue weighted by atomic mass is 16.3. The molecule has 0 fully saturated rings. The van der Waals surface area contributed by atoms with E-state index < -0.39 is 0 Å². The summed E-state index contributed by atoms with van der Waals surface area (Å²) < 4.78 is 0. The van der Waals surface area contributed by atoms with E-state index in [9.17, 15) is 10.2 Å². The summed E-state index contributed by atoms with van der Waals surface area (Å²) in [6, 6.07) is 0. The standard InChI is InChI=1S/C11H14N4O2/c1-7-11(17)10(8(6-16)2-12-7)5-13-9-3-14-15-4-9/h2-4,13,16-17H,5-6H2,1H3,(H,14,15). The van der Waals surface area contributed by atoms with Crippen molar-refractivity contribution in [1.82, 2.24) is 15.2 Å². The van der Waals surface area contributed by atoms with Gasteiger partial charge in [-0.2, -0.15) is 5.10 Å². The molecule has 0 spiro atoms. The van der Waals surface area contributed by atoms with E-state index >= 15 is 0 Å². The molecule has 17 heavy (non-hydrogen) atoms. The van der Waals surface area contributed by atoms with Crippen LogP contribution < -0.4 is 5.32 Å². The number of aliphatic hydroxyl groups is 1. The predicted octanol–water partition coefficient (Wildman–Crippen LogP) is 0.923. The smallest absolute Gasteiger partial charge is 0.142 e. The molecule has 2 rings (SSSR count). The third-order valence-corrected chi connectivity index (χ3v) is 2.57. The third kappa shape index (κ3) is 2.36. The lowest BCUT2D eigenvalue weighted by Gasteiger charge is -2.11. The molecule has 0 saturated carbocycles. The summed E-state index contributed by atoms with van der Waals surface area (Å²) >= 11 is 0. The molecule has 0 aliphatic rings. The van der Waals surface area contributed by atoms with Gasteiger partial charge in [-0.1, -0.05) is 0 Å². The zero-order valence-corrected chi connectivity index (χ0v) is 9.44. The molecule has 0 aromatic carbocycles. The fourth-order valence-electron chi connectivity index (χ4n) is 1.56. The number of nitrogens with zero attached hydrogens (tertiary/aromatic N) is 2. The van der Waals surface area contributed by atoms with E-state index in [0.29, 0.717) is 23.4 Å². The number of anilines is 1. The Bertz CT molecular complexity index is 496. The monoisotopic (exact) mass is 234 g/mol. The second kappa shape index (κ2) is 4.84. The Morgan fingerprint density at radius 1 is 1.41 bits per heavy atom. The Morgan fingerprint density at radius 2 is 2.24 bits per heavy atom. The molecule has 0 unspecified atom stereocenters. The van der Waals surface area contributed by atoms with Crippen LogP contribution in [0, 0.1) is 6.92 Å². The Balaban J connectivity index is 2.21. The molecule has 0 amide bonds. The Labute approximate surface area is 98.3 Å². The number of nitrogens with one attached hydrogen (secondary N) is 2. The number of aliphatic hydroxyl groups excluding tert-OH is 1. The van der Waals surface area contributed by atoms with Crippen LogP contribution in [-0.2, 0) is 13.2 Å². The van der Waals surface area contributed by atoms with Crippen molar-refractivity contribution in [3.8, 4) is 5.75 Å². The first-order chi connectivity index (χ1) is 8.22. The van der Waals surface area contributed by atoms with E-state index in [0.717, 1.165) is 5.69 Å². The molecule has 0 radical (unpaired) electrons. The minimum absolute atomic E-state index is 0.118. The highest BCUT2D eigenvalue weighted by Gasteiger charge is 2.11. The largest absolute Gasteiger partial charge is 0.506 e. The number of aromatic hydroxyl groups is 1. The second-order valence-corrected chi connectivity index (χ2v) is 3.69. The maximum atomic E-state index is 9.90. The molecule has 2 aromatic rings. The van der Waals surface area contributed by atoms with Crippen LogP contribution in [0.1, 0.15) is 16.8 Å². The van der Waals surface area contributed by atoms with Gasteiger partial charge in [-0.05, 0) is 6.92 Å². The van der Waals surface area contributed by atoms with E-state index in [1.54, 1.807) is 25.5 Å². The quantitative estimate of drug-likeness (QED) is 0.631. The summed E-state index contributed by atoms with van der Waals surface area (Å²) in [5, 5.41) is 28.7. The first-order valence-corrected chi connectivity index (χ1v) is 5.22. The van der Waals surface area contributed by atoms with Gasteiger partial charge in [0.2, 0.25) is 0 Å². The molecule has 2 heterocycles. The molecule has 4 N–H and O–H groups in total. The van der Waals surface area contributed by atoms with Gasteiger partial charge in [0.25, 0.3) is 0 Å². The van der Waals surface area contributed by atoms with Crippen LogP contribution in [0.3, 0.4) is 0 Å². The average Bonchev–Trinajstić information content (AvgIpc) is 2.84. The van der Waals surface area contributed by atoms with Crippen molar-refractivity contribution < 1.29 is 10.2 Å². The Morgan fingerprint density at radius 3 is 2.88 bits per heavy atom. The first kappa shape index (κ1) is 11.4. The number of rotatable bonds is 4. The van der Waals surface area contributed by atoms with Gasteiger partial charge in [0.05, 0.1) is 24.2 Å². The van der Waals surface area contributed by atoms with Gasteiger partial charge in [-0.25, -0.2) is 0 Å². The highest BCUT2D eigenvalue weighted by molar-refractivity contribution is 5.45. The van der Waals surface area contributed by atoms with Crippen molar-refractivity contribution in [2.45, 2.75) is 20.1 Å². The predicted molar refractivity (Wildman–Crippen MR) is 62.5 cm³/mol. The number of hydrogen-bond donors (Lipinski definition) is 4. The molecule has 6 nitrogen and oxygen atoms in total. The summed E-state index contributed by atoms with van der Waals surface area (Å²) in [5.41, 5.74) is 2.64. The van der Waals surface area contributed by atoms with E-state index in [1.165, 1.54) is 0 Å². The van der Waals surface area contributed by atoms with Crippen LogP contribution in [0.15, 0.2) is 18.6 Å². The van der Waals surface area contributed by atoms with E-state index in [4.69, 9.17) is 0 Å². The summed E-state index contributed by atoms with van der Waals surface area (Å²) in [7, 11) is 0. The molecule has 0 aliphatic carbocycles. The number of H-pyrrole nitrogens is 1. The molecule has 0 aliphatic heterocycles. The average molecular weight is 234 g/mol. The lowest BCUT2D eigenvalue weighted by atomic mass is 10.1.